The Morgan fingerprint density at radius 1 is 1.07 bits per heavy atom. The maximum absolute atomic E-state index is 12.6. The second-order valence-electron chi connectivity index (χ2n) is 6.82. The van der Waals surface area contributed by atoms with Crippen molar-refractivity contribution < 1.29 is 14.4 Å². The highest BCUT2D eigenvalue weighted by molar-refractivity contribution is 6.42. The highest BCUT2D eigenvalue weighted by atomic mass is 35.5. The number of amides is 3. The van der Waals surface area contributed by atoms with Crippen molar-refractivity contribution in [2.45, 2.75) is 6.42 Å². The van der Waals surface area contributed by atoms with Gasteiger partial charge in [0.25, 0.3) is 11.8 Å². The van der Waals surface area contributed by atoms with Gasteiger partial charge in [0.1, 0.15) is 5.92 Å². The largest absolute Gasteiger partial charge is 0.378 e. The van der Waals surface area contributed by atoms with E-state index < -0.39 is 17.7 Å². The standard InChI is InChI=1S/C20H20Cl2N4O3/c1-25(2)13-5-3-4-12(10-13)18(27)23-24-19(28)15-8-9-26(20(15)29)14-6-7-16(21)17(22)11-14/h3-7,10-11,15H,8-9H2,1-2H3,(H,23,27)(H,24,28). The van der Waals surface area contributed by atoms with Gasteiger partial charge in [0.2, 0.25) is 5.91 Å². The lowest BCUT2D eigenvalue weighted by Gasteiger charge is -2.17. The predicted octanol–water partition coefficient (Wildman–Crippen LogP) is 2.87. The first kappa shape index (κ1) is 21.0. The molecular formula is C20H20Cl2N4O3. The van der Waals surface area contributed by atoms with Gasteiger partial charge in [-0.2, -0.15) is 0 Å². The van der Waals surface area contributed by atoms with Gasteiger partial charge in [-0.3, -0.25) is 25.2 Å². The molecule has 2 aromatic rings. The number of nitrogens with one attached hydrogen (secondary N) is 2. The van der Waals surface area contributed by atoms with E-state index >= 15 is 0 Å². The summed E-state index contributed by atoms with van der Waals surface area (Å²) in [6.45, 7) is 0.369. The number of halogens is 2. The fourth-order valence-electron chi connectivity index (χ4n) is 3.04. The van der Waals surface area contributed by atoms with Crippen LogP contribution < -0.4 is 20.7 Å². The Morgan fingerprint density at radius 2 is 1.83 bits per heavy atom. The Morgan fingerprint density at radius 3 is 2.52 bits per heavy atom. The summed E-state index contributed by atoms with van der Waals surface area (Å²) in [6, 6.07) is 11.8. The minimum Gasteiger partial charge on any atom is -0.378 e. The van der Waals surface area contributed by atoms with Gasteiger partial charge in [-0.25, -0.2) is 0 Å². The molecule has 3 rings (SSSR count). The molecule has 1 heterocycles. The molecule has 2 aromatic carbocycles. The SMILES string of the molecule is CN(C)c1cccc(C(=O)NNC(=O)C2CCN(c3ccc(Cl)c(Cl)c3)C2=O)c1. The topological polar surface area (TPSA) is 81.8 Å². The van der Waals surface area contributed by atoms with Crippen LogP contribution in [0, 0.1) is 5.92 Å². The molecule has 3 amide bonds. The summed E-state index contributed by atoms with van der Waals surface area (Å²) in [6.07, 6.45) is 0.330. The molecule has 29 heavy (non-hydrogen) atoms. The van der Waals surface area contributed by atoms with Crippen LogP contribution in [0.3, 0.4) is 0 Å². The first-order valence-electron chi connectivity index (χ1n) is 8.92. The number of hydrogen-bond acceptors (Lipinski definition) is 4. The summed E-state index contributed by atoms with van der Waals surface area (Å²) in [4.78, 5) is 40.7. The molecule has 9 heteroatoms. The minimum absolute atomic E-state index is 0.330. The van der Waals surface area contributed by atoms with E-state index in [0.29, 0.717) is 34.3 Å². The number of benzene rings is 2. The summed E-state index contributed by atoms with van der Waals surface area (Å²) in [5.41, 5.74) is 6.54. The van der Waals surface area contributed by atoms with Crippen molar-refractivity contribution in [3.63, 3.8) is 0 Å². The molecule has 0 bridgehead atoms. The van der Waals surface area contributed by atoms with E-state index in [2.05, 4.69) is 10.9 Å². The van der Waals surface area contributed by atoms with Gasteiger partial charge < -0.3 is 9.80 Å². The summed E-state index contributed by atoms with van der Waals surface area (Å²) >= 11 is 11.9. The van der Waals surface area contributed by atoms with Crippen molar-refractivity contribution in [1.82, 2.24) is 10.9 Å². The van der Waals surface area contributed by atoms with Crippen LogP contribution in [-0.2, 0) is 9.59 Å². The van der Waals surface area contributed by atoms with Crippen LogP contribution in [0.5, 0.6) is 0 Å². The first-order valence-corrected chi connectivity index (χ1v) is 9.67. The summed E-state index contributed by atoms with van der Waals surface area (Å²) in [5.74, 6) is -2.27. The smallest absolute Gasteiger partial charge is 0.269 e. The van der Waals surface area contributed by atoms with Gasteiger partial charge in [-0.1, -0.05) is 29.3 Å². The molecule has 1 saturated heterocycles. The van der Waals surface area contributed by atoms with E-state index in [1.165, 1.54) is 4.90 Å². The lowest BCUT2D eigenvalue weighted by Crippen LogP contribution is -2.46. The zero-order chi connectivity index (χ0) is 21.1. The zero-order valence-corrected chi connectivity index (χ0v) is 17.4. The van der Waals surface area contributed by atoms with Crippen molar-refractivity contribution in [1.29, 1.82) is 0 Å². The number of rotatable bonds is 4. The van der Waals surface area contributed by atoms with Gasteiger partial charge in [-0.15, -0.1) is 0 Å². The van der Waals surface area contributed by atoms with Crippen LogP contribution in [0.15, 0.2) is 42.5 Å². The molecule has 1 unspecified atom stereocenters. The van der Waals surface area contributed by atoms with Crippen molar-refractivity contribution in [2.75, 3.05) is 30.4 Å². The number of carbonyl (C=O) groups excluding carboxylic acids is 3. The van der Waals surface area contributed by atoms with E-state index in [4.69, 9.17) is 23.2 Å². The fourth-order valence-corrected chi connectivity index (χ4v) is 3.33. The molecule has 1 aliphatic rings. The number of nitrogens with zero attached hydrogens (tertiary/aromatic N) is 2. The van der Waals surface area contributed by atoms with E-state index in [9.17, 15) is 14.4 Å². The molecule has 0 aliphatic carbocycles. The molecule has 1 atom stereocenters. The van der Waals surface area contributed by atoms with Gasteiger partial charge in [0, 0.05) is 37.6 Å². The van der Waals surface area contributed by atoms with Crippen LogP contribution >= 0.6 is 23.2 Å². The molecule has 0 aromatic heterocycles. The Kier molecular flexibility index (Phi) is 6.30. The minimum atomic E-state index is -0.891. The molecular weight excluding hydrogens is 415 g/mol. The third-order valence-corrected chi connectivity index (χ3v) is 5.40. The second-order valence-corrected chi connectivity index (χ2v) is 7.63. The third-order valence-electron chi connectivity index (χ3n) is 4.66. The number of hydrogen-bond donors (Lipinski definition) is 2. The Balaban J connectivity index is 1.61. The Hall–Kier alpha value is -2.77. The number of carbonyl (C=O) groups is 3. The highest BCUT2D eigenvalue weighted by Crippen LogP contribution is 2.31. The molecule has 7 nitrogen and oxygen atoms in total. The quantitative estimate of drug-likeness (QED) is 0.572. The van der Waals surface area contributed by atoms with Crippen LogP contribution in [0.25, 0.3) is 0 Å². The summed E-state index contributed by atoms with van der Waals surface area (Å²) in [5, 5.41) is 0.717. The molecule has 0 spiro atoms. The number of anilines is 2. The zero-order valence-electron chi connectivity index (χ0n) is 15.9. The van der Waals surface area contributed by atoms with Crippen molar-refractivity contribution in [2.24, 2.45) is 5.92 Å². The lowest BCUT2D eigenvalue weighted by atomic mass is 10.1. The van der Waals surface area contributed by atoms with Gasteiger partial charge in [0.05, 0.1) is 10.0 Å². The Bertz CT molecular complexity index is 964. The van der Waals surface area contributed by atoms with E-state index in [1.807, 2.05) is 25.1 Å². The highest BCUT2D eigenvalue weighted by Gasteiger charge is 2.38. The molecule has 2 N–H and O–H groups in total. The molecule has 1 fully saturated rings. The van der Waals surface area contributed by atoms with E-state index in [0.717, 1.165) is 5.69 Å². The maximum atomic E-state index is 12.6. The van der Waals surface area contributed by atoms with Crippen molar-refractivity contribution in [3.05, 3.63) is 58.1 Å². The van der Waals surface area contributed by atoms with Crippen LogP contribution in [0.4, 0.5) is 11.4 Å². The van der Waals surface area contributed by atoms with Crippen molar-refractivity contribution in [3.8, 4) is 0 Å². The monoisotopic (exact) mass is 434 g/mol. The third kappa shape index (κ3) is 4.63. The Labute approximate surface area is 178 Å². The molecule has 0 saturated carbocycles. The normalized spacial score (nSPS) is 15.9. The summed E-state index contributed by atoms with van der Waals surface area (Å²) < 4.78 is 0. The fraction of sp³-hybridized carbons (Fsp3) is 0.250. The lowest BCUT2D eigenvalue weighted by molar-refractivity contribution is -0.132. The van der Waals surface area contributed by atoms with Gasteiger partial charge >= 0.3 is 0 Å². The second kappa shape index (κ2) is 8.71. The van der Waals surface area contributed by atoms with Crippen LogP contribution in [0.1, 0.15) is 16.8 Å². The summed E-state index contributed by atoms with van der Waals surface area (Å²) in [7, 11) is 3.73. The first-order chi connectivity index (χ1) is 13.8. The van der Waals surface area contributed by atoms with Crippen LogP contribution in [-0.4, -0.2) is 38.4 Å². The van der Waals surface area contributed by atoms with Crippen LogP contribution in [0.2, 0.25) is 10.0 Å². The molecule has 152 valence electrons. The average molecular weight is 435 g/mol. The maximum Gasteiger partial charge on any atom is 0.269 e. The average Bonchev–Trinajstić information content (AvgIpc) is 3.09. The van der Waals surface area contributed by atoms with Gasteiger partial charge in [-0.05, 0) is 42.8 Å². The number of hydrazine groups is 1. The van der Waals surface area contributed by atoms with Gasteiger partial charge in [0.15, 0.2) is 0 Å². The molecule has 0 radical (unpaired) electrons. The predicted molar refractivity (Wildman–Crippen MR) is 113 cm³/mol. The van der Waals surface area contributed by atoms with E-state index in [1.54, 1.807) is 36.4 Å². The van der Waals surface area contributed by atoms with E-state index in [-0.39, 0.29) is 5.91 Å². The van der Waals surface area contributed by atoms with Crippen molar-refractivity contribution >= 4 is 52.3 Å². The molecule has 1 aliphatic heterocycles.